The zero-order valence-electron chi connectivity index (χ0n) is 34.9. The van der Waals surface area contributed by atoms with E-state index in [9.17, 15) is 14.4 Å². The molecule has 0 fully saturated rings. The van der Waals surface area contributed by atoms with Gasteiger partial charge in [-0.15, -0.1) is 0 Å². The molecule has 0 aromatic carbocycles. The van der Waals surface area contributed by atoms with Crippen molar-refractivity contribution in [3.8, 4) is 0 Å². The average molecular weight is 742 g/mol. The fraction of sp³-hybridized carbons (Fsp3) is 0.930. The molecule has 2 unspecified atom stereocenters. The van der Waals surface area contributed by atoms with Gasteiger partial charge in [-0.1, -0.05) is 117 Å². The molecule has 0 aromatic rings. The van der Waals surface area contributed by atoms with Gasteiger partial charge >= 0.3 is 17.9 Å². The Bertz CT molecular complexity index is 771. The van der Waals surface area contributed by atoms with Crippen molar-refractivity contribution in [2.45, 2.75) is 212 Å². The third-order valence-electron chi connectivity index (χ3n) is 9.88. The number of ether oxygens (including phenoxy) is 5. The molecule has 9 nitrogen and oxygen atoms in total. The summed E-state index contributed by atoms with van der Waals surface area (Å²) >= 11 is 0. The molecule has 0 N–H and O–H groups in total. The number of carbonyl (C=O) groups excluding carboxylic acids is 3. The highest BCUT2D eigenvalue weighted by Gasteiger charge is 2.16. The molecule has 0 amide bonds. The molecule has 0 aliphatic rings. The summed E-state index contributed by atoms with van der Waals surface area (Å²) in [5, 5.41) is 0. The number of unbranched alkanes of at least 4 members (excludes halogenated alkanes) is 16. The van der Waals surface area contributed by atoms with Crippen LogP contribution in [0.4, 0.5) is 0 Å². The van der Waals surface area contributed by atoms with E-state index in [1.807, 2.05) is 14.1 Å². The van der Waals surface area contributed by atoms with Crippen LogP contribution in [0.25, 0.3) is 0 Å². The third kappa shape index (κ3) is 34.1. The lowest BCUT2D eigenvalue weighted by Crippen LogP contribution is -2.21. The van der Waals surface area contributed by atoms with E-state index >= 15 is 0 Å². The first-order valence-corrected chi connectivity index (χ1v) is 21.5. The summed E-state index contributed by atoms with van der Waals surface area (Å²) in [5.41, 5.74) is 0. The normalized spacial score (nSPS) is 13.2. The van der Waals surface area contributed by atoms with Crippen LogP contribution in [0.2, 0.25) is 0 Å². The minimum Gasteiger partial charge on any atom is -0.463 e. The molecule has 0 aliphatic carbocycles. The van der Waals surface area contributed by atoms with Gasteiger partial charge in [0.25, 0.3) is 0 Å². The van der Waals surface area contributed by atoms with E-state index in [0.717, 1.165) is 116 Å². The van der Waals surface area contributed by atoms with Crippen LogP contribution in [0, 0.1) is 0 Å². The topological polar surface area (TPSA) is 101 Å². The Labute approximate surface area is 320 Å². The standard InChI is InChI=1S/C43H83NO8/c1-7-9-11-15-23-30-39(48-5)36-50-41(45)32-25-19-13-17-21-28-38(52-43(47)34-27-35-44(3)4)29-22-18-14-20-26-33-42(46)51-37-40(49-6)31-24-16-12-10-8-2/h38-40H,7-37H2,1-6H3. The fourth-order valence-corrected chi connectivity index (χ4v) is 6.40. The molecular weight excluding hydrogens is 658 g/mol. The first kappa shape index (κ1) is 50.3. The number of carbonyl (C=O) groups is 3. The third-order valence-corrected chi connectivity index (χ3v) is 9.88. The highest BCUT2D eigenvalue weighted by Crippen LogP contribution is 2.18. The quantitative estimate of drug-likeness (QED) is 0.0346. The molecule has 308 valence electrons. The van der Waals surface area contributed by atoms with Crippen LogP contribution in [0.5, 0.6) is 0 Å². The molecule has 0 saturated carbocycles. The molecule has 0 heterocycles. The lowest BCUT2D eigenvalue weighted by molar-refractivity contribution is -0.150. The van der Waals surface area contributed by atoms with Crippen LogP contribution in [-0.4, -0.2) is 89.2 Å². The Morgan fingerprint density at radius 2 is 0.788 bits per heavy atom. The van der Waals surface area contributed by atoms with Crippen LogP contribution < -0.4 is 0 Å². The van der Waals surface area contributed by atoms with Crippen molar-refractivity contribution in [3.05, 3.63) is 0 Å². The van der Waals surface area contributed by atoms with Crippen LogP contribution in [0.3, 0.4) is 0 Å². The van der Waals surface area contributed by atoms with Gasteiger partial charge in [0.2, 0.25) is 0 Å². The molecule has 0 radical (unpaired) electrons. The molecular formula is C43H83NO8. The van der Waals surface area contributed by atoms with Crippen LogP contribution >= 0.6 is 0 Å². The fourth-order valence-electron chi connectivity index (χ4n) is 6.40. The molecule has 52 heavy (non-hydrogen) atoms. The maximum absolute atomic E-state index is 12.6. The zero-order valence-corrected chi connectivity index (χ0v) is 34.9. The Morgan fingerprint density at radius 1 is 0.442 bits per heavy atom. The van der Waals surface area contributed by atoms with Gasteiger partial charge in [-0.2, -0.15) is 0 Å². The molecule has 2 atom stereocenters. The van der Waals surface area contributed by atoms with E-state index in [1.165, 1.54) is 51.4 Å². The number of esters is 3. The van der Waals surface area contributed by atoms with E-state index < -0.39 is 0 Å². The van der Waals surface area contributed by atoms with Crippen LogP contribution in [-0.2, 0) is 38.1 Å². The molecule has 0 aromatic heterocycles. The summed E-state index contributed by atoms with van der Waals surface area (Å²) in [6.07, 6.45) is 27.8. The lowest BCUT2D eigenvalue weighted by Gasteiger charge is -2.18. The van der Waals surface area contributed by atoms with Crippen molar-refractivity contribution < 1.29 is 38.1 Å². The molecule has 0 spiro atoms. The summed E-state index contributed by atoms with van der Waals surface area (Å²) in [4.78, 5) is 39.1. The van der Waals surface area contributed by atoms with Gasteiger partial charge < -0.3 is 28.6 Å². The SMILES string of the molecule is CCCCCCCC(COC(=O)CCCCCCCC(CCCCCCCC(=O)OCC(CCCCCCC)OC)OC(=O)CCCN(C)C)OC. The number of hydrogen-bond donors (Lipinski definition) is 0. The molecule has 0 aliphatic heterocycles. The maximum Gasteiger partial charge on any atom is 0.306 e. The van der Waals surface area contributed by atoms with Gasteiger partial charge in [-0.25, -0.2) is 0 Å². The monoisotopic (exact) mass is 742 g/mol. The van der Waals surface area contributed by atoms with Crippen molar-refractivity contribution in [1.82, 2.24) is 4.90 Å². The Balaban J connectivity index is 4.25. The smallest absolute Gasteiger partial charge is 0.306 e. The Morgan fingerprint density at radius 3 is 1.17 bits per heavy atom. The van der Waals surface area contributed by atoms with E-state index in [2.05, 4.69) is 18.7 Å². The number of methoxy groups -OCH3 is 2. The van der Waals surface area contributed by atoms with Gasteiger partial charge in [-0.3, -0.25) is 14.4 Å². The second kappa shape index (κ2) is 37.6. The molecule has 0 saturated heterocycles. The average Bonchev–Trinajstić information content (AvgIpc) is 3.12. The number of nitrogens with zero attached hydrogens (tertiary/aromatic N) is 1. The summed E-state index contributed by atoms with van der Waals surface area (Å²) in [5.74, 6) is -0.357. The highest BCUT2D eigenvalue weighted by atomic mass is 16.6. The predicted molar refractivity (Wildman–Crippen MR) is 213 cm³/mol. The first-order chi connectivity index (χ1) is 25.2. The number of hydrogen-bond acceptors (Lipinski definition) is 9. The molecule has 0 bridgehead atoms. The van der Waals surface area contributed by atoms with Crippen molar-refractivity contribution in [3.63, 3.8) is 0 Å². The van der Waals surface area contributed by atoms with Gasteiger partial charge in [0.15, 0.2) is 0 Å². The second-order valence-corrected chi connectivity index (χ2v) is 15.1. The van der Waals surface area contributed by atoms with Crippen LogP contribution in [0.1, 0.15) is 194 Å². The van der Waals surface area contributed by atoms with E-state index in [-0.39, 0.29) is 36.2 Å². The first-order valence-electron chi connectivity index (χ1n) is 21.5. The van der Waals surface area contributed by atoms with E-state index in [4.69, 9.17) is 23.7 Å². The summed E-state index contributed by atoms with van der Waals surface area (Å²) in [6.45, 7) is 6.00. The minimum atomic E-state index is -0.131. The van der Waals surface area contributed by atoms with Crippen molar-refractivity contribution in [1.29, 1.82) is 0 Å². The van der Waals surface area contributed by atoms with E-state index in [1.54, 1.807) is 14.2 Å². The van der Waals surface area contributed by atoms with Crippen molar-refractivity contribution >= 4 is 17.9 Å². The minimum absolute atomic E-state index is 0.00859. The molecule has 0 rings (SSSR count). The Hall–Kier alpha value is -1.71. The summed E-state index contributed by atoms with van der Waals surface area (Å²) in [6, 6.07) is 0. The predicted octanol–water partition coefficient (Wildman–Crippen LogP) is 10.5. The van der Waals surface area contributed by atoms with Crippen molar-refractivity contribution in [2.24, 2.45) is 0 Å². The van der Waals surface area contributed by atoms with Crippen LogP contribution in [0.15, 0.2) is 0 Å². The Kier molecular flexibility index (Phi) is 36.4. The van der Waals surface area contributed by atoms with Gasteiger partial charge in [0.05, 0.1) is 12.2 Å². The van der Waals surface area contributed by atoms with E-state index in [0.29, 0.717) is 32.5 Å². The summed E-state index contributed by atoms with van der Waals surface area (Å²) < 4.78 is 27.9. The highest BCUT2D eigenvalue weighted by molar-refractivity contribution is 5.70. The largest absolute Gasteiger partial charge is 0.463 e. The van der Waals surface area contributed by atoms with Crippen molar-refractivity contribution in [2.75, 3.05) is 48.1 Å². The van der Waals surface area contributed by atoms with Gasteiger partial charge in [0, 0.05) is 33.5 Å². The van der Waals surface area contributed by atoms with Gasteiger partial charge in [0.1, 0.15) is 19.3 Å². The molecule has 9 heteroatoms. The lowest BCUT2D eigenvalue weighted by atomic mass is 10.0. The zero-order chi connectivity index (χ0) is 38.5. The second-order valence-electron chi connectivity index (χ2n) is 15.1. The number of rotatable bonds is 39. The summed E-state index contributed by atoms with van der Waals surface area (Å²) in [7, 11) is 7.42. The van der Waals surface area contributed by atoms with Gasteiger partial charge in [-0.05, 0) is 78.4 Å². The maximum atomic E-state index is 12.6.